The lowest BCUT2D eigenvalue weighted by Gasteiger charge is -2.37. The fourth-order valence-electron chi connectivity index (χ4n) is 1.92. The molecule has 9 heteroatoms. The molecule has 0 N–H and O–H groups in total. The zero-order chi connectivity index (χ0) is 15.1. The minimum atomic E-state index is -4.35. The lowest BCUT2D eigenvalue weighted by atomic mass is 10.3. The number of rotatable bonds is 4. The van der Waals surface area contributed by atoms with Crippen molar-refractivity contribution in [2.24, 2.45) is 0 Å². The first-order valence-electron chi connectivity index (χ1n) is 5.86. The molecule has 1 heterocycles. The van der Waals surface area contributed by atoms with Crippen LogP contribution in [0.5, 0.6) is 0 Å². The first-order valence-corrected chi connectivity index (χ1v) is 9.01. The highest BCUT2D eigenvalue weighted by atomic mass is 32.2. The van der Waals surface area contributed by atoms with Crippen molar-refractivity contribution < 1.29 is 25.6 Å². The summed E-state index contributed by atoms with van der Waals surface area (Å²) in [7, 11) is -7.70. The van der Waals surface area contributed by atoms with E-state index >= 15 is 0 Å². The second-order valence-electron chi connectivity index (χ2n) is 4.45. The summed E-state index contributed by atoms with van der Waals surface area (Å²) in [5, 5.41) is -0.808. The van der Waals surface area contributed by atoms with Crippen molar-refractivity contribution in [1.29, 1.82) is 0 Å². The van der Waals surface area contributed by atoms with E-state index in [0.717, 1.165) is 22.5 Å². The molecular weight excluding hydrogens is 312 g/mol. The molecule has 0 spiro atoms. The number of hydrogen-bond donors (Lipinski definition) is 0. The Hall–Kier alpha value is -1.06. The Morgan fingerprint density at radius 2 is 1.65 bits per heavy atom. The molecule has 1 aromatic rings. The molecule has 0 atom stereocenters. The van der Waals surface area contributed by atoms with Crippen molar-refractivity contribution in [3.8, 4) is 0 Å². The molecule has 1 saturated heterocycles. The fourth-order valence-corrected chi connectivity index (χ4v) is 5.03. The standard InChI is InChI=1S/C11H13F2NO4S2/c1-2-19(15,16)8-6-14(7-8)20(17,18)11-9(12)4-3-5-10(11)13/h3-5,8H,2,6-7H2,1H3. The van der Waals surface area contributed by atoms with Crippen LogP contribution < -0.4 is 0 Å². The van der Waals surface area contributed by atoms with E-state index in [1.165, 1.54) is 6.92 Å². The number of sulfone groups is 1. The monoisotopic (exact) mass is 325 g/mol. The average Bonchev–Trinajstić information content (AvgIpc) is 2.25. The maximum absolute atomic E-state index is 13.5. The second-order valence-corrected chi connectivity index (χ2v) is 8.89. The lowest BCUT2D eigenvalue weighted by molar-refractivity contribution is 0.306. The Morgan fingerprint density at radius 3 is 2.10 bits per heavy atom. The van der Waals surface area contributed by atoms with Crippen LogP contribution in [0.15, 0.2) is 23.1 Å². The molecule has 0 radical (unpaired) electrons. The summed E-state index contributed by atoms with van der Waals surface area (Å²) in [5.41, 5.74) is 0. The molecule has 5 nitrogen and oxygen atoms in total. The lowest BCUT2D eigenvalue weighted by Crippen LogP contribution is -2.57. The van der Waals surface area contributed by atoms with Gasteiger partial charge in [0.1, 0.15) is 11.6 Å². The molecule has 112 valence electrons. The molecular formula is C11H13F2NO4S2. The van der Waals surface area contributed by atoms with Crippen LogP contribution in [0.1, 0.15) is 6.92 Å². The van der Waals surface area contributed by atoms with Crippen molar-refractivity contribution >= 4 is 19.9 Å². The van der Waals surface area contributed by atoms with Crippen LogP contribution in [0.3, 0.4) is 0 Å². The van der Waals surface area contributed by atoms with Crippen LogP contribution in [-0.2, 0) is 19.9 Å². The van der Waals surface area contributed by atoms with Crippen LogP contribution in [0, 0.1) is 11.6 Å². The van der Waals surface area contributed by atoms with Gasteiger partial charge in [-0.05, 0) is 12.1 Å². The largest absolute Gasteiger partial charge is 0.249 e. The fraction of sp³-hybridized carbons (Fsp3) is 0.455. The van der Waals surface area contributed by atoms with E-state index in [0.29, 0.717) is 0 Å². The maximum atomic E-state index is 13.5. The summed E-state index contributed by atoms with van der Waals surface area (Å²) >= 11 is 0. The van der Waals surface area contributed by atoms with Crippen LogP contribution in [-0.4, -0.2) is 45.2 Å². The maximum Gasteiger partial charge on any atom is 0.249 e. The second kappa shape index (κ2) is 5.05. The molecule has 1 aliphatic rings. The molecule has 0 aromatic heterocycles. The molecule has 0 amide bonds. The van der Waals surface area contributed by atoms with E-state index in [2.05, 4.69) is 0 Å². The van der Waals surface area contributed by atoms with Crippen LogP contribution in [0.25, 0.3) is 0 Å². The van der Waals surface area contributed by atoms with E-state index in [1.807, 2.05) is 0 Å². The molecule has 1 aliphatic heterocycles. The van der Waals surface area contributed by atoms with Crippen molar-refractivity contribution in [2.45, 2.75) is 17.1 Å². The van der Waals surface area contributed by atoms with Gasteiger partial charge in [-0.1, -0.05) is 13.0 Å². The highest BCUT2D eigenvalue weighted by Crippen LogP contribution is 2.28. The van der Waals surface area contributed by atoms with Gasteiger partial charge in [-0.15, -0.1) is 0 Å². The third kappa shape index (κ3) is 2.45. The van der Waals surface area contributed by atoms with Gasteiger partial charge in [-0.2, -0.15) is 4.31 Å². The molecule has 0 aliphatic carbocycles. The minimum Gasteiger partial charge on any atom is -0.228 e. The normalized spacial score (nSPS) is 17.9. The summed E-state index contributed by atoms with van der Waals surface area (Å²) < 4.78 is 75.0. The van der Waals surface area contributed by atoms with Gasteiger partial charge < -0.3 is 0 Å². The zero-order valence-corrected chi connectivity index (χ0v) is 12.2. The van der Waals surface area contributed by atoms with Crippen molar-refractivity contribution in [2.75, 3.05) is 18.8 Å². The third-order valence-corrected chi connectivity index (χ3v) is 7.24. The summed E-state index contributed by atoms with van der Waals surface area (Å²) in [6, 6.07) is 2.75. The van der Waals surface area contributed by atoms with E-state index in [-0.39, 0.29) is 18.8 Å². The molecule has 20 heavy (non-hydrogen) atoms. The zero-order valence-electron chi connectivity index (χ0n) is 10.6. The number of benzene rings is 1. The van der Waals surface area contributed by atoms with Crippen molar-refractivity contribution in [1.82, 2.24) is 4.31 Å². The highest BCUT2D eigenvalue weighted by Gasteiger charge is 2.44. The number of hydrogen-bond acceptors (Lipinski definition) is 4. The summed E-state index contributed by atoms with van der Waals surface area (Å²) in [4.78, 5) is -1.03. The molecule has 2 rings (SSSR count). The smallest absolute Gasteiger partial charge is 0.228 e. The van der Waals surface area contributed by atoms with Gasteiger partial charge in [0.05, 0.1) is 5.25 Å². The first-order chi connectivity index (χ1) is 9.20. The molecule has 0 bridgehead atoms. The van der Waals surface area contributed by atoms with Gasteiger partial charge >= 0.3 is 0 Å². The predicted molar refractivity (Wildman–Crippen MR) is 68.4 cm³/mol. The van der Waals surface area contributed by atoms with E-state index in [4.69, 9.17) is 0 Å². The molecule has 1 fully saturated rings. The van der Waals surface area contributed by atoms with Crippen LogP contribution in [0.2, 0.25) is 0 Å². The Morgan fingerprint density at radius 1 is 1.15 bits per heavy atom. The number of sulfonamides is 1. The average molecular weight is 325 g/mol. The van der Waals surface area contributed by atoms with Gasteiger partial charge in [-0.3, -0.25) is 0 Å². The van der Waals surface area contributed by atoms with Gasteiger partial charge in [0.15, 0.2) is 14.7 Å². The van der Waals surface area contributed by atoms with E-state index < -0.39 is 41.6 Å². The van der Waals surface area contributed by atoms with Crippen LogP contribution >= 0.6 is 0 Å². The number of halogens is 2. The minimum absolute atomic E-state index is 0.0976. The molecule has 0 unspecified atom stereocenters. The Bertz CT molecular complexity index is 705. The topological polar surface area (TPSA) is 71.5 Å². The van der Waals surface area contributed by atoms with E-state index in [9.17, 15) is 25.6 Å². The molecule has 1 aromatic carbocycles. The summed E-state index contributed by atoms with van der Waals surface area (Å²) in [6.45, 7) is 0.918. The van der Waals surface area contributed by atoms with Crippen molar-refractivity contribution in [3.05, 3.63) is 29.8 Å². The predicted octanol–water partition coefficient (Wildman–Crippen LogP) is 0.772. The van der Waals surface area contributed by atoms with Crippen molar-refractivity contribution in [3.63, 3.8) is 0 Å². The third-order valence-electron chi connectivity index (χ3n) is 3.24. The summed E-state index contributed by atoms with van der Waals surface area (Å²) in [6.07, 6.45) is 0. The quantitative estimate of drug-likeness (QED) is 0.820. The van der Waals surface area contributed by atoms with E-state index in [1.54, 1.807) is 0 Å². The van der Waals surface area contributed by atoms with Crippen LogP contribution in [0.4, 0.5) is 8.78 Å². The first kappa shape index (κ1) is 15.3. The number of nitrogens with zero attached hydrogens (tertiary/aromatic N) is 1. The Balaban J connectivity index is 2.28. The van der Waals surface area contributed by atoms with Gasteiger partial charge in [0.2, 0.25) is 10.0 Å². The van der Waals surface area contributed by atoms with Gasteiger partial charge in [-0.25, -0.2) is 25.6 Å². The van der Waals surface area contributed by atoms with Gasteiger partial charge in [0, 0.05) is 18.8 Å². The van der Waals surface area contributed by atoms with Gasteiger partial charge in [0.25, 0.3) is 0 Å². The highest BCUT2D eigenvalue weighted by molar-refractivity contribution is 7.92. The molecule has 0 saturated carbocycles. The summed E-state index contributed by atoms with van der Waals surface area (Å²) in [5.74, 6) is -2.47. The SMILES string of the molecule is CCS(=O)(=O)C1CN(S(=O)(=O)c2c(F)cccc2F)C1. The Kier molecular flexibility index (Phi) is 3.87. The Labute approximate surface area is 116 Å².